The molecule has 3 aliphatic rings. The number of benzene rings is 2. The maximum Gasteiger partial charge on any atom is 0.256 e. The van der Waals surface area contributed by atoms with E-state index in [1.54, 1.807) is 23.3 Å². The Morgan fingerprint density at radius 2 is 1.78 bits per heavy atom. The van der Waals surface area contributed by atoms with Crippen LogP contribution in [-0.2, 0) is 34.3 Å². The SMILES string of the molecule is O=C(NCc1ccc(CN2CCc3ccccc32)cc1)C1=CN2CCS(=O)(=O)N=C2C=C1. The van der Waals surface area contributed by atoms with Gasteiger partial charge in [0, 0.05) is 38.1 Å². The first-order valence-corrected chi connectivity index (χ1v) is 12.3. The zero-order valence-corrected chi connectivity index (χ0v) is 18.4. The number of amides is 1. The third-order valence-electron chi connectivity index (χ3n) is 5.92. The third-order valence-corrected chi connectivity index (χ3v) is 7.08. The van der Waals surface area contributed by atoms with E-state index >= 15 is 0 Å². The minimum absolute atomic E-state index is 0.0505. The highest BCUT2D eigenvalue weighted by Gasteiger charge is 2.25. The maximum absolute atomic E-state index is 12.6. The Hall–Kier alpha value is -3.39. The minimum atomic E-state index is -3.40. The summed E-state index contributed by atoms with van der Waals surface area (Å²) in [4.78, 5) is 16.7. The summed E-state index contributed by atoms with van der Waals surface area (Å²) in [5.41, 5.74) is 5.46. The first kappa shape index (κ1) is 20.5. The zero-order valence-electron chi connectivity index (χ0n) is 17.6. The lowest BCUT2D eigenvalue weighted by molar-refractivity contribution is -0.117. The maximum atomic E-state index is 12.6. The standard InChI is InChI=1S/C24H24N4O3S/c29-24(21-9-10-23-26-32(30,31)14-13-28(23)17-21)25-15-18-5-7-19(8-6-18)16-27-12-11-20-3-1-2-4-22(20)27/h1-10,17H,11-16H2,(H,25,29). The van der Waals surface area contributed by atoms with Crippen LogP contribution in [0.5, 0.6) is 0 Å². The molecule has 0 radical (unpaired) electrons. The lowest BCUT2D eigenvalue weighted by Crippen LogP contribution is -2.38. The quantitative estimate of drug-likeness (QED) is 0.760. The van der Waals surface area contributed by atoms with Gasteiger partial charge in [-0.2, -0.15) is 0 Å². The highest BCUT2D eigenvalue weighted by molar-refractivity contribution is 7.90. The van der Waals surface area contributed by atoms with Gasteiger partial charge in [-0.1, -0.05) is 42.5 Å². The van der Waals surface area contributed by atoms with Crippen LogP contribution in [0.1, 0.15) is 16.7 Å². The molecule has 2 aromatic carbocycles. The molecule has 5 rings (SSSR count). The normalized spacial score (nSPS) is 18.5. The van der Waals surface area contributed by atoms with Crippen molar-refractivity contribution in [2.24, 2.45) is 4.40 Å². The molecular formula is C24H24N4O3S. The van der Waals surface area contributed by atoms with Crippen molar-refractivity contribution >= 4 is 27.5 Å². The van der Waals surface area contributed by atoms with Gasteiger partial charge >= 0.3 is 0 Å². The van der Waals surface area contributed by atoms with E-state index in [0.717, 1.165) is 25.1 Å². The number of sulfonamides is 1. The zero-order chi connectivity index (χ0) is 22.1. The Morgan fingerprint density at radius 3 is 2.62 bits per heavy atom. The van der Waals surface area contributed by atoms with Gasteiger partial charge in [0.2, 0.25) is 0 Å². The van der Waals surface area contributed by atoms with E-state index in [9.17, 15) is 13.2 Å². The van der Waals surface area contributed by atoms with Crippen molar-refractivity contribution in [1.29, 1.82) is 0 Å². The van der Waals surface area contributed by atoms with Crippen LogP contribution in [-0.4, -0.2) is 43.9 Å². The molecule has 0 aromatic heterocycles. The third kappa shape index (κ3) is 4.31. The van der Waals surface area contributed by atoms with E-state index in [2.05, 4.69) is 51.0 Å². The number of anilines is 1. The first-order chi connectivity index (χ1) is 15.5. The average molecular weight is 449 g/mol. The summed E-state index contributed by atoms with van der Waals surface area (Å²) in [6.45, 7) is 2.63. The van der Waals surface area contributed by atoms with Crippen LogP contribution in [0.2, 0.25) is 0 Å². The Labute approximate surface area is 187 Å². The molecule has 3 aliphatic heterocycles. The molecule has 7 nitrogen and oxygen atoms in total. The lowest BCUT2D eigenvalue weighted by atomic mass is 10.1. The second kappa shape index (κ2) is 8.27. The summed E-state index contributed by atoms with van der Waals surface area (Å²) in [5, 5.41) is 2.93. The molecule has 1 amide bonds. The molecule has 0 saturated heterocycles. The topological polar surface area (TPSA) is 82.1 Å². The molecular weight excluding hydrogens is 424 g/mol. The molecule has 0 saturated carbocycles. The molecule has 8 heteroatoms. The minimum Gasteiger partial charge on any atom is -0.367 e. The van der Waals surface area contributed by atoms with Gasteiger partial charge in [-0.15, -0.1) is 4.40 Å². The smallest absolute Gasteiger partial charge is 0.256 e. The monoisotopic (exact) mass is 448 g/mol. The molecule has 0 fully saturated rings. The molecule has 1 N–H and O–H groups in total. The average Bonchev–Trinajstić information content (AvgIpc) is 3.20. The molecule has 0 bridgehead atoms. The van der Waals surface area contributed by atoms with Crippen molar-refractivity contribution in [3.05, 3.63) is 89.1 Å². The van der Waals surface area contributed by atoms with Crippen molar-refractivity contribution in [2.75, 3.05) is 23.7 Å². The number of hydrogen-bond donors (Lipinski definition) is 1. The molecule has 0 spiro atoms. The predicted molar refractivity (Wildman–Crippen MR) is 125 cm³/mol. The van der Waals surface area contributed by atoms with Crippen LogP contribution in [0.3, 0.4) is 0 Å². The van der Waals surface area contributed by atoms with Gasteiger partial charge in [-0.25, -0.2) is 8.42 Å². The van der Waals surface area contributed by atoms with E-state index in [1.165, 1.54) is 16.8 Å². The molecule has 2 aromatic rings. The number of carbonyl (C=O) groups is 1. The predicted octanol–water partition coefficient (Wildman–Crippen LogP) is 2.36. The number of nitrogens with zero attached hydrogens (tertiary/aromatic N) is 3. The van der Waals surface area contributed by atoms with Crippen LogP contribution >= 0.6 is 0 Å². The molecule has 32 heavy (non-hydrogen) atoms. The summed E-state index contributed by atoms with van der Waals surface area (Å²) < 4.78 is 26.9. The van der Waals surface area contributed by atoms with Gasteiger partial charge < -0.3 is 15.1 Å². The molecule has 0 atom stereocenters. The first-order valence-electron chi connectivity index (χ1n) is 10.6. The summed E-state index contributed by atoms with van der Waals surface area (Å²) in [6, 6.07) is 16.9. The van der Waals surface area contributed by atoms with E-state index in [-0.39, 0.29) is 11.7 Å². The Bertz CT molecular complexity index is 1250. The van der Waals surface area contributed by atoms with Gasteiger partial charge in [-0.05, 0) is 41.3 Å². The van der Waals surface area contributed by atoms with E-state index in [0.29, 0.717) is 24.5 Å². The number of para-hydroxylation sites is 1. The fourth-order valence-electron chi connectivity index (χ4n) is 4.17. The Balaban J connectivity index is 1.17. The van der Waals surface area contributed by atoms with Crippen molar-refractivity contribution in [2.45, 2.75) is 19.5 Å². The fourth-order valence-corrected chi connectivity index (χ4v) is 5.14. The van der Waals surface area contributed by atoms with Gasteiger partial charge in [0.05, 0.1) is 11.3 Å². The number of fused-ring (bicyclic) bond motifs is 2. The summed E-state index contributed by atoms with van der Waals surface area (Å²) in [6.07, 6.45) is 5.91. The van der Waals surface area contributed by atoms with Gasteiger partial charge in [0.1, 0.15) is 5.84 Å². The number of hydrogen-bond acceptors (Lipinski definition) is 5. The fraction of sp³-hybridized carbons (Fsp3) is 0.250. The number of amidine groups is 1. The molecule has 3 heterocycles. The van der Waals surface area contributed by atoms with E-state index in [1.807, 2.05) is 12.1 Å². The number of nitrogens with one attached hydrogen (secondary N) is 1. The Kier molecular flexibility index (Phi) is 5.30. The highest BCUT2D eigenvalue weighted by atomic mass is 32.2. The largest absolute Gasteiger partial charge is 0.367 e. The van der Waals surface area contributed by atoms with Gasteiger partial charge in [0.25, 0.3) is 15.9 Å². The Morgan fingerprint density at radius 1 is 1.00 bits per heavy atom. The van der Waals surface area contributed by atoms with E-state index < -0.39 is 10.0 Å². The van der Waals surface area contributed by atoms with Crippen molar-refractivity contribution in [1.82, 2.24) is 10.2 Å². The van der Waals surface area contributed by atoms with Gasteiger partial charge in [-0.3, -0.25) is 4.79 Å². The second-order valence-corrected chi connectivity index (χ2v) is 9.90. The highest BCUT2D eigenvalue weighted by Crippen LogP contribution is 2.28. The molecule has 164 valence electrons. The summed E-state index contributed by atoms with van der Waals surface area (Å²) >= 11 is 0. The van der Waals surface area contributed by atoms with Crippen LogP contribution in [0, 0.1) is 0 Å². The lowest BCUT2D eigenvalue weighted by Gasteiger charge is -2.26. The molecule has 0 aliphatic carbocycles. The number of rotatable bonds is 5. The van der Waals surface area contributed by atoms with E-state index in [4.69, 9.17) is 0 Å². The molecule has 0 unspecified atom stereocenters. The van der Waals surface area contributed by atoms with Crippen LogP contribution in [0.25, 0.3) is 0 Å². The summed E-state index contributed by atoms with van der Waals surface area (Å²) in [5.74, 6) is 0.0981. The van der Waals surface area contributed by atoms with Crippen molar-refractivity contribution in [3.63, 3.8) is 0 Å². The van der Waals surface area contributed by atoms with Crippen molar-refractivity contribution < 1.29 is 13.2 Å². The van der Waals surface area contributed by atoms with Gasteiger partial charge in [0.15, 0.2) is 0 Å². The second-order valence-electron chi connectivity index (χ2n) is 8.15. The summed E-state index contributed by atoms with van der Waals surface area (Å²) in [7, 11) is -3.40. The van der Waals surface area contributed by atoms with Crippen LogP contribution in [0.4, 0.5) is 5.69 Å². The number of carbonyl (C=O) groups excluding carboxylic acids is 1. The van der Waals surface area contributed by atoms with Crippen LogP contribution < -0.4 is 10.2 Å². The van der Waals surface area contributed by atoms with Crippen LogP contribution in [0.15, 0.2) is 76.9 Å². The van der Waals surface area contributed by atoms with Crippen molar-refractivity contribution in [3.8, 4) is 0 Å².